The van der Waals surface area contributed by atoms with Gasteiger partial charge in [0.05, 0.1) is 37.4 Å². The van der Waals surface area contributed by atoms with Crippen molar-refractivity contribution < 1.29 is 13.3 Å². The van der Waals surface area contributed by atoms with Gasteiger partial charge >= 0.3 is 0 Å². The van der Waals surface area contributed by atoms with Crippen LogP contribution in [0.4, 0.5) is 5.82 Å². The van der Waals surface area contributed by atoms with Crippen LogP contribution in [0.3, 0.4) is 0 Å². The van der Waals surface area contributed by atoms with Crippen LogP contribution in [0.25, 0.3) is 22.3 Å². The highest BCUT2D eigenvalue weighted by atomic mass is 32.2. The predicted molar refractivity (Wildman–Crippen MR) is 113 cm³/mol. The molecule has 0 spiro atoms. The van der Waals surface area contributed by atoms with Crippen molar-refractivity contribution in [1.29, 1.82) is 0 Å². The lowest BCUT2D eigenvalue weighted by Crippen LogP contribution is -3.18. The molecule has 8 heteroatoms. The van der Waals surface area contributed by atoms with Crippen molar-refractivity contribution in [2.24, 2.45) is 0 Å². The number of rotatable bonds is 3. The van der Waals surface area contributed by atoms with E-state index in [-0.39, 0.29) is 6.04 Å². The summed E-state index contributed by atoms with van der Waals surface area (Å²) in [4.78, 5) is 17.6. The zero-order valence-corrected chi connectivity index (χ0v) is 17.0. The van der Waals surface area contributed by atoms with E-state index in [2.05, 4.69) is 16.0 Å². The number of anilines is 1. The quantitative estimate of drug-likeness (QED) is 0.681. The minimum absolute atomic E-state index is 0.246. The largest absolute Gasteiger partial charge is 0.345 e. The molecule has 0 amide bonds. The Labute approximate surface area is 170 Å². The number of fused-ring (bicyclic) bond motifs is 1. The summed E-state index contributed by atoms with van der Waals surface area (Å²) in [5.74, 6) is 2.32. The Morgan fingerprint density at radius 2 is 1.86 bits per heavy atom. The predicted octanol–water partition coefficient (Wildman–Crippen LogP) is 0.584. The third kappa shape index (κ3) is 3.70. The molecule has 0 unspecified atom stereocenters. The van der Waals surface area contributed by atoms with Crippen molar-refractivity contribution in [2.45, 2.75) is 12.5 Å². The van der Waals surface area contributed by atoms with Gasteiger partial charge < -0.3 is 9.80 Å². The summed E-state index contributed by atoms with van der Waals surface area (Å²) in [6, 6.07) is 12.2. The van der Waals surface area contributed by atoms with Crippen LogP contribution in [0.2, 0.25) is 0 Å². The normalized spacial score (nSPS) is 22.2. The highest BCUT2D eigenvalue weighted by Gasteiger charge is 2.37. The molecule has 7 nitrogen and oxygen atoms in total. The van der Waals surface area contributed by atoms with Crippen molar-refractivity contribution in [3.63, 3.8) is 0 Å². The molecular formula is C21H24N5O2S+. The van der Waals surface area contributed by atoms with Crippen LogP contribution in [-0.4, -0.2) is 67.1 Å². The monoisotopic (exact) mass is 410 g/mol. The highest BCUT2D eigenvalue weighted by molar-refractivity contribution is 7.91. The first-order valence-corrected chi connectivity index (χ1v) is 11.9. The molecule has 1 atom stereocenters. The number of para-hydroxylation sites is 1. The maximum atomic E-state index is 11.8. The molecule has 0 saturated carbocycles. The molecule has 150 valence electrons. The molecule has 29 heavy (non-hydrogen) atoms. The summed E-state index contributed by atoms with van der Waals surface area (Å²) in [5, 5.41) is 1.05. The van der Waals surface area contributed by atoms with E-state index in [4.69, 9.17) is 9.97 Å². The first-order valence-electron chi connectivity index (χ1n) is 10.1. The van der Waals surface area contributed by atoms with E-state index >= 15 is 0 Å². The van der Waals surface area contributed by atoms with E-state index in [1.165, 1.54) is 4.90 Å². The summed E-state index contributed by atoms with van der Waals surface area (Å²) in [7, 11) is -2.84. The minimum Gasteiger partial charge on any atom is -0.345 e. The van der Waals surface area contributed by atoms with Gasteiger partial charge in [0.1, 0.15) is 17.6 Å². The van der Waals surface area contributed by atoms with E-state index in [0.29, 0.717) is 17.3 Å². The van der Waals surface area contributed by atoms with Crippen molar-refractivity contribution in [1.82, 2.24) is 15.0 Å². The fourth-order valence-corrected chi connectivity index (χ4v) is 6.28. The topological polar surface area (TPSA) is 80.5 Å². The molecule has 0 bridgehead atoms. The lowest BCUT2D eigenvalue weighted by atomic mass is 10.1. The molecule has 2 saturated heterocycles. The highest BCUT2D eigenvalue weighted by Crippen LogP contribution is 2.27. The van der Waals surface area contributed by atoms with Gasteiger partial charge in [-0.05, 0) is 24.3 Å². The van der Waals surface area contributed by atoms with Gasteiger partial charge in [0, 0.05) is 29.8 Å². The zero-order chi connectivity index (χ0) is 19.8. The van der Waals surface area contributed by atoms with E-state index in [1.807, 2.05) is 30.3 Å². The molecule has 2 aliphatic heterocycles. The SMILES string of the molecule is O=S1(=O)CC[C@H]([NH+]2CCN(c3nc(-c4cccnc4)nc4ccccc34)CC2)C1. The van der Waals surface area contributed by atoms with E-state index in [9.17, 15) is 8.42 Å². The van der Waals surface area contributed by atoms with Gasteiger partial charge in [-0.1, -0.05) is 12.1 Å². The Morgan fingerprint density at radius 1 is 1.03 bits per heavy atom. The van der Waals surface area contributed by atoms with Crippen LogP contribution >= 0.6 is 0 Å². The molecule has 2 aromatic heterocycles. The Morgan fingerprint density at radius 3 is 2.59 bits per heavy atom. The summed E-state index contributed by atoms with van der Waals surface area (Å²) >= 11 is 0. The Kier molecular flexibility index (Phi) is 4.67. The number of quaternary nitrogens is 1. The molecule has 1 N–H and O–H groups in total. The van der Waals surface area contributed by atoms with Crippen molar-refractivity contribution in [2.75, 3.05) is 42.6 Å². The van der Waals surface area contributed by atoms with E-state index in [0.717, 1.165) is 54.9 Å². The molecule has 3 aromatic rings. The summed E-state index contributed by atoms with van der Waals surface area (Å²) in [5.41, 5.74) is 1.83. The smallest absolute Gasteiger partial charge is 0.163 e. The molecular weight excluding hydrogens is 386 g/mol. The minimum atomic E-state index is -2.84. The first-order chi connectivity index (χ1) is 14.1. The number of benzene rings is 1. The third-order valence-corrected chi connectivity index (χ3v) is 7.79. The molecule has 2 fully saturated rings. The fraction of sp³-hybridized carbons (Fsp3) is 0.381. The van der Waals surface area contributed by atoms with Crippen LogP contribution in [0.15, 0.2) is 48.8 Å². The van der Waals surface area contributed by atoms with Crippen molar-refractivity contribution in [3.8, 4) is 11.4 Å². The van der Waals surface area contributed by atoms with Gasteiger partial charge in [-0.15, -0.1) is 0 Å². The second-order valence-corrected chi connectivity index (χ2v) is 10.1. The number of pyridine rings is 1. The maximum absolute atomic E-state index is 11.8. The fourth-order valence-electron chi connectivity index (χ4n) is 4.46. The van der Waals surface area contributed by atoms with Crippen molar-refractivity contribution >= 4 is 26.6 Å². The number of nitrogens with zero attached hydrogens (tertiary/aromatic N) is 4. The first kappa shape index (κ1) is 18.4. The zero-order valence-electron chi connectivity index (χ0n) is 16.2. The van der Waals surface area contributed by atoms with Gasteiger partial charge in [-0.25, -0.2) is 18.4 Å². The van der Waals surface area contributed by atoms with Crippen LogP contribution in [0, 0.1) is 0 Å². The van der Waals surface area contributed by atoms with Gasteiger partial charge in [-0.2, -0.15) is 0 Å². The molecule has 4 heterocycles. The molecule has 0 aliphatic carbocycles. The average molecular weight is 411 g/mol. The summed E-state index contributed by atoms with van der Waals surface area (Å²) in [6.45, 7) is 3.58. The molecule has 5 rings (SSSR count). The lowest BCUT2D eigenvalue weighted by Gasteiger charge is -2.36. The average Bonchev–Trinajstić information content (AvgIpc) is 3.13. The number of aromatic nitrogens is 3. The van der Waals surface area contributed by atoms with Gasteiger partial charge in [0.2, 0.25) is 0 Å². The Balaban J connectivity index is 1.43. The van der Waals surface area contributed by atoms with Crippen LogP contribution in [0.1, 0.15) is 6.42 Å². The van der Waals surface area contributed by atoms with Gasteiger partial charge in [0.25, 0.3) is 0 Å². The van der Waals surface area contributed by atoms with Crippen LogP contribution < -0.4 is 9.80 Å². The van der Waals surface area contributed by atoms with Crippen LogP contribution in [-0.2, 0) is 9.84 Å². The molecule has 1 aromatic carbocycles. The Hall–Kier alpha value is -2.58. The number of nitrogens with one attached hydrogen (secondary N) is 1. The lowest BCUT2D eigenvalue weighted by molar-refractivity contribution is -0.922. The Bertz CT molecular complexity index is 1130. The van der Waals surface area contributed by atoms with E-state index in [1.54, 1.807) is 12.4 Å². The van der Waals surface area contributed by atoms with Gasteiger partial charge in [0.15, 0.2) is 15.7 Å². The second kappa shape index (κ2) is 7.35. The summed E-state index contributed by atoms with van der Waals surface area (Å²) in [6.07, 6.45) is 4.33. The van der Waals surface area contributed by atoms with Crippen molar-refractivity contribution in [3.05, 3.63) is 48.8 Å². The number of sulfone groups is 1. The number of hydrogen-bond donors (Lipinski definition) is 1. The third-order valence-electron chi connectivity index (χ3n) is 6.02. The van der Waals surface area contributed by atoms with E-state index < -0.39 is 9.84 Å². The second-order valence-electron chi connectivity index (χ2n) is 7.87. The van der Waals surface area contributed by atoms with Crippen LogP contribution in [0.5, 0.6) is 0 Å². The number of piperazine rings is 1. The number of hydrogen-bond acceptors (Lipinski definition) is 6. The standard InChI is InChI=1S/C21H23N5O2S/c27-29(28)13-7-17(15-29)25-9-11-26(12-10-25)21-18-5-1-2-6-19(18)23-20(24-21)16-4-3-8-22-14-16/h1-6,8,14,17H,7,9-13,15H2/p+1/t17-/m0/s1. The molecule has 0 radical (unpaired) electrons. The molecule has 2 aliphatic rings. The summed E-state index contributed by atoms with van der Waals surface area (Å²) < 4.78 is 23.7. The van der Waals surface area contributed by atoms with Gasteiger partial charge in [-0.3, -0.25) is 4.98 Å². The maximum Gasteiger partial charge on any atom is 0.163 e.